The Morgan fingerprint density at radius 3 is 2.24 bits per heavy atom. The molecule has 1 N–H and O–H groups in total. The SMILES string of the molecule is CN=C(NCc1cccc(OCCN(C)C)c1)N(C)CCOc1ccccc1.I. The first-order chi connectivity index (χ1) is 13.6. The van der Waals surface area contributed by atoms with Crippen molar-refractivity contribution < 1.29 is 9.47 Å². The molecule has 0 saturated heterocycles. The van der Waals surface area contributed by atoms with Gasteiger partial charge in [0.2, 0.25) is 0 Å². The molecule has 0 aliphatic heterocycles. The van der Waals surface area contributed by atoms with Crippen molar-refractivity contribution in [3.63, 3.8) is 0 Å². The van der Waals surface area contributed by atoms with E-state index in [0.717, 1.165) is 36.1 Å². The Morgan fingerprint density at radius 1 is 0.897 bits per heavy atom. The number of nitrogens with zero attached hydrogens (tertiary/aromatic N) is 3. The van der Waals surface area contributed by atoms with E-state index in [9.17, 15) is 0 Å². The smallest absolute Gasteiger partial charge is 0.193 e. The number of aliphatic imine (C=N–C) groups is 1. The third-order valence-corrected chi connectivity index (χ3v) is 4.17. The highest BCUT2D eigenvalue weighted by atomic mass is 127. The largest absolute Gasteiger partial charge is 0.492 e. The summed E-state index contributed by atoms with van der Waals surface area (Å²) in [6.45, 7) is 3.58. The van der Waals surface area contributed by atoms with Gasteiger partial charge in [0.1, 0.15) is 24.7 Å². The quantitative estimate of drug-likeness (QED) is 0.301. The third-order valence-electron chi connectivity index (χ3n) is 4.17. The molecule has 0 saturated carbocycles. The van der Waals surface area contributed by atoms with Gasteiger partial charge >= 0.3 is 0 Å². The fourth-order valence-electron chi connectivity index (χ4n) is 2.58. The predicted molar refractivity (Wildman–Crippen MR) is 131 cm³/mol. The van der Waals surface area contributed by atoms with Crippen molar-refractivity contribution in [2.24, 2.45) is 4.99 Å². The molecule has 0 radical (unpaired) electrons. The van der Waals surface area contributed by atoms with Crippen LogP contribution in [0.1, 0.15) is 5.56 Å². The normalized spacial score (nSPS) is 11.0. The molecule has 0 fully saturated rings. The van der Waals surface area contributed by atoms with Crippen molar-refractivity contribution in [3.8, 4) is 11.5 Å². The van der Waals surface area contributed by atoms with E-state index in [1.807, 2.05) is 63.6 Å². The first kappa shape index (κ1) is 25.0. The second-order valence-corrected chi connectivity index (χ2v) is 6.78. The zero-order valence-electron chi connectivity index (χ0n) is 17.8. The topological polar surface area (TPSA) is 49.3 Å². The van der Waals surface area contributed by atoms with E-state index in [-0.39, 0.29) is 24.0 Å². The highest BCUT2D eigenvalue weighted by Crippen LogP contribution is 2.13. The summed E-state index contributed by atoms with van der Waals surface area (Å²) < 4.78 is 11.6. The predicted octanol–water partition coefficient (Wildman–Crippen LogP) is 3.33. The van der Waals surface area contributed by atoms with Crippen molar-refractivity contribution >= 4 is 29.9 Å². The van der Waals surface area contributed by atoms with Gasteiger partial charge in [-0.05, 0) is 43.9 Å². The minimum atomic E-state index is 0. The molecule has 6 nitrogen and oxygen atoms in total. The number of benzene rings is 2. The van der Waals surface area contributed by atoms with E-state index < -0.39 is 0 Å². The Labute approximate surface area is 191 Å². The average Bonchev–Trinajstić information content (AvgIpc) is 2.69. The van der Waals surface area contributed by atoms with Gasteiger partial charge in [0.05, 0.1) is 6.54 Å². The van der Waals surface area contributed by atoms with Crippen LogP contribution >= 0.6 is 24.0 Å². The highest BCUT2D eigenvalue weighted by molar-refractivity contribution is 14.0. The molecular formula is C22H33IN4O2. The highest BCUT2D eigenvalue weighted by Gasteiger charge is 2.06. The Morgan fingerprint density at radius 2 is 1.55 bits per heavy atom. The summed E-state index contributed by atoms with van der Waals surface area (Å²) >= 11 is 0. The van der Waals surface area contributed by atoms with Crippen LogP contribution in [0.4, 0.5) is 0 Å². The van der Waals surface area contributed by atoms with Crippen molar-refractivity contribution in [2.45, 2.75) is 6.54 Å². The molecule has 0 bridgehead atoms. The van der Waals surface area contributed by atoms with Crippen molar-refractivity contribution in [2.75, 3.05) is 54.5 Å². The van der Waals surface area contributed by atoms with Gasteiger partial charge in [0, 0.05) is 27.2 Å². The summed E-state index contributed by atoms with van der Waals surface area (Å²) in [7, 11) is 7.87. The van der Waals surface area contributed by atoms with Crippen LogP contribution < -0.4 is 14.8 Å². The van der Waals surface area contributed by atoms with E-state index in [4.69, 9.17) is 9.47 Å². The Bertz CT molecular complexity index is 726. The molecule has 0 aliphatic carbocycles. The number of likely N-dealkylation sites (N-methyl/N-ethyl adjacent to an activating group) is 2. The molecule has 0 spiro atoms. The number of guanidine groups is 1. The van der Waals surface area contributed by atoms with Gasteiger partial charge in [-0.15, -0.1) is 24.0 Å². The molecule has 0 aromatic heterocycles. The second kappa shape index (κ2) is 14.1. The number of ether oxygens (including phenoxy) is 2. The number of halogens is 1. The number of hydrogen-bond acceptors (Lipinski definition) is 4. The molecule has 0 amide bonds. The summed E-state index contributed by atoms with van der Waals surface area (Å²) in [5.74, 6) is 2.60. The van der Waals surface area contributed by atoms with Crippen LogP contribution in [-0.4, -0.2) is 70.3 Å². The van der Waals surface area contributed by atoms with Gasteiger partial charge < -0.3 is 24.6 Å². The summed E-state index contributed by atoms with van der Waals surface area (Å²) in [6.07, 6.45) is 0. The molecule has 0 unspecified atom stereocenters. The third kappa shape index (κ3) is 9.85. The maximum atomic E-state index is 5.81. The first-order valence-electron chi connectivity index (χ1n) is 9.54. The first-order valence-corrected chi connectivity index (χ1v) is 9.54. The van der Waals surface area contributed by atoms with E-state index in [1.54, 1.807) is 7.05 Å². The summed E-state index contributed by atoms with van der Waals surface area (Å²) in [6, 6.07) is 18.0. The van der Waals surface area contributed by atoms with Crippen LogP contribution in [0, 0.1) is 0 Å². The maximum Gasteiger partial charge on any atom is 0.193 e. The van der Waals surface area contributed by atoms with Crippen LogP contribution in [-0.2, 0) is 6.54 Å². The summed E-state index contributed by atoms with van der Waals surface area (Å²) in [4.78, 5) is 8.52. The van der Waals surface area contributed by atoms with Gasteiger partial charge in [-0.25, -0.2) is 0 Å². The Kier molecular flexibility index (Phi) is 12.1. The van der Waals surface area contributed by atoms with Gasteiger partial charge in [-0.1, -0.05) is 30.3 Å². The fourth-order valence-corrected chi connectivity index (χ4v) is 2.58. The standard InChI is InChI=1S/C22H32N4O2.HI/c1-23-22(26(4)14-16-27-20-10-6-5-7-11-20)24-18-19-9-8-12-21(17-19)28-15-13-25(2)3;/h5-12,17H,13-16,18H2,1-4H3,(H,23,24);1H. The minimum Gasteiger partial charge on any atom is -0.492 e. The molecule has 2 aromatic carbocycles. The Balaban J connectivity index is 0.00000420. The molecular weight excluding hydrogens is 479 g/mol. The number of para-hydroxylation sites is 1. The van der Waals surface area contributed by atoms with Gasteiger partial charge in [0.15, 0.2) is 5.96 Å². The zero-order chi connectivity index (χ0) is 20.2. The summed E-state index contributed by atoms with van der Waals surface area (Å²) in [5, 5.41) is 3.39. The molecule has 0 atom stereocenters. The van der Waals surface area contributed by atoms with Gasteiger partial charge in [-0.2, -0.15) is 0 Å². The summed E-state index contributed by atoms with van der Waals surface area (Å²) in [5.41, 5.74) is 1.15. The average molecular weight is 512 g/mol. The molecule has 2 aromatic rings. The Hall–Kier alpha value is -2.00. The van der Waals surface area contributed by atoms with E-state index in [1.165, 1.54) is 0 Å². The maximum absolute atomic E-state index is 5.81. The fraction of sp³-hybridized carbons (Fsp3) is 0.409. The molecule has 0 heterocycles. The lowest BCUT2D eigenvalue weighted by atomic mass is 10.2. The molecule has 29 heavy (non-hydrogen) atoms. The molecule has 2 rings (SSSR count). The minimum absolute atomic E-state index is 0. The number of hydrogen-bond donors (Lipinski definition) is 1. The van der Waals surface area contributed by atoms with E-state index >= 15 is 0 Å². The lowest BCUT2D eigenvalue weighted by Crippen LogP contribution is -2.40. The number of rotatable bonds is 10. The lowest BCUT2D eigenvalue weighted by Gasteiger charge is -2.22. The monoisotopic (exact) mass is 512 g/mol. The molecule has 7 heteroatoms. The van der Waals surface area contributed by atoms with Crippen molar-refractivity contribution in [3.05, 3.63) is 60.2 Å². The van der Waals surface area contributed by atoms with Crippen LogP contribution in [0.5, 0.6) is 11.5 Å². The van der Waals surface area contributed by atoms with Crippen LogP contribution in [0.25, 0.3) is 0 Å². The van der Waals surface area contributed by atoms with Crippen molar-refractivity contribution in [1.29, 1.82) is 0 Å². The van der Waals surface area contributed by atoms with Crippen LogP contribution in [0.15, 0.2) is 59.6 Å². The van der Waals surface area contributed by atoms with E-state index in [2.05, 4.69) is 32.2 Å². The lowest BCUT2D eigenvalue weighted by molar-refractivity contribution is 0.261. The van der Waals surface area contributed by atoms with Gasteiger partial charge in [0.25, 0.3) is 0 Å². The van der Waals surface area contributed by atoms with E-state index in [0.29, 0.717) is 19.8 Å². The molecule has 0 aliphatic rings. The second-order valence-electron chi connectivity index (χ2n) is 6.78. The zero-order valence-corrected chi connectivity index (χ0v) is 20.1. The number of nitrogens with one attached hydrogen (secondary N) is 1. The van der Waals surface area contributed by atoms with Gasteiger partial charge in [-0.3, -0.25) is 4.99 Å². The van der Waals surface area contributed by atoms with Crippen LogP contribution in [0.2, 0.25) is 0 Å². The van der Waals surface area contributed by atoms with Crippen LogP contribution in [0.3, 0.4) is 0 Å². The van der Waals surface area contributed by atoms with Crippen molar-refractivity contribution in [1.82, 2.24) is 15.1 Å². The molecule has 160 valence electrons.